The molecule has 25 nitrogen and oxygen atoms in total. The van der Waals surface area contributed by atoms with E-state index in [1.807, 2.05) is 13.8 Å². The first-order valence-electron chi connectivity index (χ1n) is 23.6. The van der Waals surface area contributed by atoms with E-state index in [0.717, 1.165) is 4.90 Å². The maximum atomic E-state index is 14.0. The normalized spacial score (nSPS) is 23.4. The third-order valence-corrected chi connectivity index (χ3v) is 12.1. The lowest BCUT2D eigenvalue weighted by Crippen LogP contribution is -2.61. The highest BCUT2D eigenvalue weighted by Gasteiger charge is 2.44. The molecule has 0 radical (unpaired) electrons. The van der Waals surface area contributed by atoms with Crippen LogP contribution in [-0.4, -0.2) is 144 Å². The second-order valence-electron chi connectivity index (χ2n) is 18.6. The van der Waals surface area contributed by atoms with E-state index in [4.69, 9.17) is 17.2 Å². The Labute approximate surface area is 411 Å². The molecule has 392 valence electrons. The van der Waals surface area contributed by atoms with E-state index < -0.39 is 145 Å². The van der Waals surface area contributed by atoms with Gasteiger partial charge in [0, 0.05) is 38.8 Å². The summed E-state index contributed by atoms with van der Waals surface area (Å²) in [6, 6.07) is -2.67. The van der Waals surface area contributed by atoms with Gasteiger partial charge in [-0.05, 0) is 67.6 Å². The minimum Gasteiger partial charge on any atom is -0.508 e. The van der Waals surface area contributed by atoms with Crippen LogP contribution in [0.2, 0.25) is 0 Å². The van der Waals surface area contributed by atoms with E-state index in [0.29, 0.717) is 24.8 Å². The highest BCUT2D eigenvalue weighted by atomic mass is 16.3. The largest absolute Gasteiger partial charge is 0.508 e. The molecule has 0 bridgehead atoms. The molecule has 1 aromatic carbocycles. The molecule has 71 heavy (non-hydrogen) atoms. The predicted octanol–water partition coefficient (Wildman–Crippen LogP) is -3.93. The molecule has 4 unspecified atom stereocenters. The Morgan fingerprint density at radius 2 is 1.39 bits per heavy atom. The first-order valence-corrected chi connectivity index (χ1v) is 23.6. The summed E-state index contributed by atoms with van der Waals surface area (Å²) >= 11 is 0. The van der Waals surface area contributed by atoms with Gasteiger partial charge in [0.25, 0.3) is 0 Å². The molecule has 15 N–H and O–H groups in total. The van der Waals surface area contributed by atoms with E-state index in [1.165, 1.54) is 31.3 Å². The molecule has 1 aromatic rings. The molecule has 1 saturated carbocycles. The van der Waals surface area contributed by atoms with Gasteiger partial charge in [0.1, 0.15) is 42.0 Å². The van der Waals surface area contributed by atoms with E-state index >= 15 is 0 Å². The van der Waals surface area contributed by atoms with Crippen molar-refractivity contribution in [2.24, 2.45) is 40.9 Å². The fourth-order valence-electron chi connectivity index (χ4n) is 7.80. The maximum absolute atomic E-state index is 14.0. The number of nitrogens with one attached hydrogen (secondary N) is 8. The number of primary amides is 3. The zero-order chi connectivity index (χ0) is 53.1. The fraction of sp³-hybridized carbons (Fsp3) is 0.609. The van der Waals surface area contributed by atoms with Crippen LogP contribution >= 0.6 is 0 Å². The molecule has 0 aromatic heterocycles. The number of nitrogens with two attached hydrogens (primary N) is 3. The number of aromatic hydroxyl groups is 1. The minimum absolute atomic E-state index is 0.0130. The van der Waals surface area contributed by atoms with Crippen LogP contribution in [0.3, 0.4) is 0 Å². The molecule has 9 atom stereocenters. The summed E-state index contributed by atoms with van der Waals surface area (Å²) < 4.78 is 0. The molecule has 1 saturated heterocycles. The lowest BCUT2D eigenvalue weighted by molar-refractivity contribution is -0.138. The van der Waals surface area contributed by atoms with Crippen LogP contribution in [-0.2, 0) is 64.0 Å². The van der Waals surface area contributed by atoms with Gasteiger partial charge in [0.05, 0.1) is 19.5 Å². The Balaban J connectivity index is 1.88. The molecule has 2 aliphatic rings. The summed E-state index contributed by atoms with van der Waals surface area (Å²) in [5.74, 6) is -11.1. The number of carbonyl (C=O) groups is 12. The number of likely N-dealkylation sites (N-methyl/N-ethyl adjacent to an activating group) is 1. The van der Waals surface area contributed by atoms with Gasteiger partial charge in [-0.3, -0.25) is 57.5 Å². The van der Waals surface area contributed by atoms with Gasteiger partial charge in [0.15, 0.2) is 0 Å². The van der Waals surface area contributed by atoms with Crippen LogP contribution in [0.4, 0.5) is 0 Å². The van der Waals surface area contributed by atoms with Crippen molar-refractivity contribution in [3.8, 4) is 5.75 Å². The Bertz CT molecular complexity index is 2140. The van der Waals surface area contributed by atoms with Crippen molar-refractivity contribution in [2.45, 2.75) is 128 Å². The van der Waals surface area contributed by atoms with Crippen molar-refractivity contribution in [1.82, 2.24) is 47.4 Å². The van der Waals surface area contributed by atoms with Gasteiger partial charge in [-0.1, -0.05) is 46.2 Å². The van der Waals surface area contributed by atoms with E-state index in [1.54, 1.807) is 13.8 Å². The summed E-state index contributed by atoms with van der Waals surface area (Å²) in [5.41, 5.74) is 16.6. The van der Waals surface area contributed by atoms with Crippen molar-refractivity contribution in [1.29, 1.82) is 0 Å². The molecular formula is C46H70N12O13. The molecule has 1 aliphatic heterocycles. The van der Waals surface area contributed by atoms with Gasteiger partial charge in [-0.15, -0.1) is 0 Å². The zero-order valence-corrected chi connectivity index (χ0v) is 40.8. The minimum atomic E-state index is -1.76. The van der Waals surface area contributed by atoms with E-state index in [9.17, 15) is 62.6 Å². The molecule has 1 aliphatic carbocycles. The van der Waals surface area contributed by atoms with Crippen LogP contribution in [0.15, 0.2) is 24.3 Å². The summed E-state index contributed by atoms with van der Waals surface area (Å²) in [7, 11) is 1.40. The number of rotatable bonds is 20. The van der Waals surface area contributed by atoms with Gasteiger partial charge in [-0.2, -0.15) is 0 Å². The van der Waals surface area contributed by atoms with Gasteiger partial charge < -0.3 is 69.7 Å². The second-order valence-corrected chi connectivity index (χ2v) is 18.6. The van der Waals surface area contributed by atoms with E-state index in [2.05, 4.69) is 42.5 Å². The number of carbonyl (C=O) groups excluding carboxylic acids is 12. The SMILES string of the molecule is CCC(C)C1NC(=O)[C@H](Cc2ccc(O)cc2)NC(=O)CNC(=O)CC[C@@H](C(=O)NCCC2CC2C(=O)N[C@@H](CC(C)C)C(=O)N(C)CC(N)=O)NC(=O)[C@H](CC(N)=O)NC(=O)[C@H](CCC(N)=O)NC1=O. The fourth-order valence-corrected chi connectivity index (χ4v) is 7.80. The van der Waals surface area contributed by atoms with Crippen molar-refractivity contribution in [3.05, 3.63) is 29.8 Å². The van der Waals surface area contributed by atoms with Crippen LogP contribution in [0, 0.1) is 23.7 Å². The number of nitrogens with zero attached hydrogens (tertiary/aromatic N) is 1. The third kappa shape index (κ3) is 19.9. The molecule has 2 fully saturated rings. The van der Waals surface area contributed by atoms with Crippen LogP contribution in [0.5, 0.6) is 5.75 Å². The van der Waals surface area contributed by atoms with Crippen molar-refractivity contribution >= 4 is 70.9 Å². The first-order chi connectivity index (χ1) is 33.4. The number of hydrogen-bond acceptors (Lipinski definition) is 13. The Kier molecular flexibility index (Phi) is 22.7. The summed E-state index contributed by atoms with van der Waals surface area (Å²) in [6.45, 7) is 6.12. The van der Waals surface area contributed by atoms with Crippen LogP contribution in [0.25, 0.3) is 0 Å². The molecule has 1 heterocycles. The van der Waals surface area contributed by atoms with Gasteiger partial charge in [-0.25, -0.2) is 0 Å². The first kappa shape index (κ1) is 58.0. The predicted molar refractivity (Wildman–Crippen MR) is 253 cm³/mol. The summed E-state index contributed by atoms with van der Waals surface area (Å²) in [6.07, 6.45) is -1.25. The number of benzene rings is 1. The number of amides is 12. The monoisotopic (exact) mass is 999 g/mol. The maximum Gasteiger partial charge on any atom is 0.245 e. The van der Waals surface area contributed by atoms with Gasteiger partial charge in [0.2, 0.25) is 70.9 Å². The molecule has 25 heteroatoms. The quantitative estimate of drug-likeness (QED) is 0.0595. The standard InChI is InChI=1S/C46H70N12O13/c1-6-24(4)39-45(70)54-30(11-13-34(47)60)42(67)55-32(20-35(48)61)43(68)53-29(12-14-37(63)51-21-38(64)52-31(44(69)57-39)18-25-7-9-27(59)10-8-25)41(66)50-16-15-26-19-28(26)40(65)56-33(17-23(2)3)46(71)58(5)22-36(49)62/h7-10,23-24,26,28-33,39,59H,6,11-22H2,1-5H3,(H2,47,60)(H2,48,61)(H2,49,62)(H,50,66)(H,51,63)(H,52,64)(H,53,68)(H,54,70)(H,55,67)(H,56,65)(H,57,69)/t24?,26?,28?,29-,30-,31-,32-,33-,39?/m0/s1. The van der Waals surface area contributed by atoms with Gasteiger partial charge >= 0.3 is 0 Å². The molecule has 12 amide bonds. The average molecular weight is 999 g/mol. The van der Waals surface area contributed by atoms with Crippen molar-refractivity contribution in [3.63, 3.8) is 0 Å². The number of phenols is 1. The highest BCUT2D eigenvalue weighted by molar-refractivity contribution is 5.98. The smallest absolute Gasteiger partial charge is 0.245 e. The molecule has 3 rings (SSSR count). The van der Waals surface area contributed by atoms with Crippen molar-refractivity contribution in [2.75, 3.05) is 26.7 Å². The third-order valence-electron chi connectivity index (χ3n) is 12.1. The number of hydrogen-bond donors (Lipinski definition) is 12. The van der Waals surface area contributed by atoms with E-state index in [-0.39, 0.29) is 55.8 Å². The Hall–Kier alpha value is -7.34. The second kappa shape index (κ2) is 27.7. The van der Waals surface area contributed by atoms with Crippen molar-refractivity contribution < 1.29 is 62.6 Å². The lowest BCUT2D eigenvalue weighted by Gasteiger charge is -2.29. The molecular weight excluding hydrogens is 929 g/mol. The topological polar surface area (TPSA) is 403 Å². The summed E-state index contributed by atoms with van der Waals surface area (Å²) in [4.78, 5) is 159. The molecule has 0 spiro atoms. The lowest BCUT2D eigenvalue weighted by atomic mass is 9.96. The van der Waals surface area contributed by atoms with Crippen LogP contribution in [0.1, 0.15) is 91.0 Å². The Morgan fingerprint density at radius 3 is 2.00 bits per heavy atom. The average Bonchev–Trinajstić information content (AvgIpc) is 4.08. The Morgan fingerprint density at radius 1 is 0.761 bits per heavy atom. The highest BCUT2D eigenvalue weighted by Crippen LogP contribution is 2.41. The summed E-state index contributed by atoms with van der Waals surface area (Å²) in [5, 5.41) is 30.2. The van der Waals surface area contributed by atoms with Crippen LogP contribution < -0.4 is 59.7 Å². The number of phenolic OH excluding ortho intramolecular Hbond substituents is 1. The zero-order valence-electron chi connectivity index (χ0n) is 40.8.